The molecule has 0 saturated carbocycles. The molecule has 6 heteroatoms. The van der Waals surface area contributed by atoms with Crippen LogP contribution < -0.4 is 16.2 Å². The Hall–Kier alpha value is -2.63. The second-order valence-corrected chi connectivity index (χ2v) is 5.45. The molecule has 2 N–H and O–H groups in total. The molecule has 0 bridgehead atoms. The Kier molecular flexibility index (Phi) is 5.51. The molecule has 0 aliphatic carbocycles. The lowest BCUT2D eigenvalue weighted by Crippen LogP contribution is -2.33. The lowest BCUT2D eigenvalue weighted by Gasteiger charge is -2.10. The van der Waals surface area contributed by atoms with Gasteiger partial charge < -0.3 is 10.6 Å². The zero-order valence-corrected chi connectivity index (χ0v) is 13.7. The predicted molar refractivity (Wildman–Crippen MR) is 90.8 cm³/mol. The largest absolute Gasteiger partial charge is 0.336 e. The molecule has 1 aromatic heterocycles. The molecule has 0 unspecified atom stereocenters. The molecule has 2 aromatic rings. The van der Waals surface area contributed by atoms with Gasteiger partial charge in [0.05, 0.1) is 6.33 Å². The molecule has 122 valence electrons. The average molecular weight is 314 g/mol. The third-order valence-corrected chi connectivity index (χ3v) is 3.70. The standard InChI is InChI=1S/C17H22N4O2/c1-4-14-10-16(22)21(11-19-14)8-7-18-17(23)20-15-6-5-12(2)13(3)9-15/h5-6,9-11H,4,7-8H2,1-3H3,(H2,18,20,23). The molecule has 2 amide bonds. The van der Waals surface area contributed by atoms with Crippen molar-refractivity contribution in [3.63, 3.8) is 0 Å². The third kappa shape index (κ3) is 4.67. The summed E-state index contributed by atoms with van der Waals surface area (Å²) in [6.07, 6.45) is 2.25. The summed E-state index contributed by atoms with van der Waals surface area (Å²) in [6, 6.07) is 6.98. The lowest BCUT2D eigenvalue weighted by atomic mass is 10.1. The monoisotopic (exact) mass is 314 g/mol. The van der Waals surface area contributed by atoms with Crippen molar-refractivity contribution in [2.75, 3.05) is 11.9 Å². The van der Waals surface area contributed by atoms with Crippen LogP contribution in [0.2, 0.25) is 0 Å². The summed E-state index contributed by atoms with van der Waals surface area (Å²) in [5, 5.41) is 5.51. The van der Waals surface area contributed by atoms with Crippen LogP contribution in [0, 0.1) is 13.8 Å². The Bertz CT molecular complexity index is 752. The van der Waals surface area contributed by atoms with Crippen molar-refractivity contribution in [1.82, 2.24) is 14.9 Å². The van der Waals surface area contributed by atoms with E-state index < -0.39 is 0 Å². The second kappa shape index (κ2) is 7.58. The highest BCUT2D eigenvalue weighted by molar-refractivity contribution is 5.89. The van der Waals surface area contributed by atoms with Gasteiger partial charge in [-0.15, -0.1) is 0 Å². The number of aromatic nitrogens is 2. The van der Waals surface area contributed by atoms with E-state index in [0.717, 1.165) is 23.4 Å². The number of urea groups is 1. The lowest BCUT2D eigenvalue weighted by molar-refractivity contribution is 0.251. The first-order chi connectivity index (χ1) is 11.0. The van der Waals surface area contributed by atoms with Crippen molar-refractivity contribution in [1.29, 1.82) is 0 Å². The number of benzene rings is 1. The molecule has 2 rings (SSSR count). The first kappa shape index (κ1) is 16.7. The van der Waals surface area contributed by atoms with Gasteiger partial charge in [0.1, 0.15) is 0 Å². The van der Waals surface area contributed by atoms with Crippen molar-refractivity contribution in [2.24, 2.45) is 0 Å². The van der Waals surface area contributed by atoms with Crippen LogP contribution in [0.15, 0.2) is 35.4 Å². The Morgan fingerprint density at radius 2 is 2.00 bits per heavy atom. The van der Waals surface area contributed by atoms with Crippen LogP contribution in [0.25, 0.3) is 0 Å². The van der Waals surface area contributed by atoms with Crippen molar-refractivity contribution in [3.05, 3.63) is 57.8 Å². The Morgan fingerprint density at radius 1 is 1.22 bits per heavy atom. The second-order valence-electron chi connectivity index (χ2n) is 5.45. The average Bonchev–Trinajstić information content (AvgIpc) is 2.52. The van der Waals surface area contributed by atoms with Gasteiger partial charge in [0.15, 0.2) is 0 Å². The summed E-state index contributed by atoms with van der Waals surface area (Å²) in [7, 11) is 0. The van der Waals surface area contributed by atoms with Gasteiger partial charge in [0.25, 0.3) is 5.56 Å². The molecule has 1 aromatic carbocycles. The molecule has 0 atom stereocenters. The molecule has 0 aliphatic heterocycles. The maximum Gasteiger partial charge on any atom is 0.319 e. The molecule has 23 heavy (non-hydrogen) atoms. The number of carbonyl (C=O) groups excluding carboxylic acids is 1. The number of anilines is 1. The van der Waals surface area contributed by atoms with Gasteiger partial charge in [-0.3, -0.25) is 9.36 Å². The summed E-state index contributed by atoms with van der Waals surface area (Å²) in [4.78, 5) is 27.9. The normalized spacial score (nSPS) is 10.4. The highest BCUT2D eigenvalue weighted by Crippen LogP contribution is 2.13. The van der Waals surface area contributed by atoms with Crippen LogP contribution in [0.1, 0.15) is 23.7 Å². The minimum atomic E-state index is -0.292. The summed E-state index contributed by atoms with van der Waals surface area (Å²) >= 11 is 0. The first-order valence-corrected chi connectivity index (χ1v) is 7.67. The number of amides is 2. The third-order valence-electron chi connectivity index (χ3n) is 3.70. The molecule has 0 saturated heterocycles. The molecule has 0 aliphatic rings. The van der Waals surface area contributed by atoms with Gasteiger partial charge in [-0.1, -0.05) is 13.0 Å². The fourth-order valence-electron chi connectivity index (χ4n) is 2.11. The fourth-order valence-corrected chi connectivity index (χ4v) is 2.11. The Morgan fingerprint density at radius 3 is 2.65 bits per heavy atom. The summed E-state index contributed by atoms with van der Waals surface area (Å²) in [5.41, 5.74) is 3.71. The van der Waals surface area contributed by atoms with Gasteiger partial charge in [-0.25, -0.2) is 9.78 Å². The number of hydrogen-bond donors (Lipinski definition) is 2. The van der Waals surface area contributed by atoms with E-state index in [4.69, 9.17) is 0 Å². The van der Waals surface area contributed by atoms with Crippen molar-refractivity contribution in [3.8, 4) is 0 Å². The number of rotatable bonds is 5. The van der Waals surface area contributed by atoms with Gasteiger partial charge in [0.2, 0.25) is 0 Å². The van der Waals surface area contributed by atoms with Crippen molar-refractivity contribution >= 4 is 11.7 Å². The van der Waals surface area contributed by atoms with E-state index in [1.807, 2.05) is 39.0 Å². The van der Waals surface area contributed by atoms with E-state index in [2.05, 4.69) is 15.6 Å². The number of hydrogen-bond acceptors (Lipinski definition) is 3. The van der Waals surface area contributed by atoms with Gasteiger partial charge in [-0.05, 0) is 43.5 Å². The van der Waals surface area contributed by atoms with Gasteiger partial charge >= 0.3 is 6.03 Å². The van der Waals surface area contributed by atoms with E-state index in [1.165, 1.54) is 22.5 Å². The van der Waals surface area contributed by atoms with E-state index in [9.17, 15) is 9.59 Å². The van der Waals surface area contributed by atoms with Crippen LogP contribution in [0.5, 0.6) is 0 Å². The zero-order chi connectivity index (χ0) is 16.8. The van der Waals surface area contributed by atoms with Crippen LogP contribution in [0.3, 0.4) is 0 Å². The Labute approximate surface area is 135 Å². The van der Waals surface area contributed by atoms with Crippen LogP contribution in [0.4, 0.5) is 10.5 Å². The smallest absolute Gasteiger partial charge is 0.319 e. The van der Waals surface area contributed by atoms with Gasteiger partial charge in [0, 0.05) is 30.5 Å². The zero-order valence-electron chi connectivity index (χ0n) is 13.7. The van der Waals surface area contributed by atoms with Crippen molar-refractivity contribution < 1.29 is 4.79 Å². The number of nitrogens with zero attached hydrogens (tertiary/aromatic N) is 2. The van der Waals surface area contributed by atoms with E-state index in [0.29, 0.717) is 13.1 Å². The van der Waals surface area contributed by atoms with E-state index >= 15 is 0 Å². The predicted octanol–water partition coefficient (Wildman–Crippen LogP) is 2.24. The molecule has 6 nitrogen and oxygen atoms in total. The quantitative estimate of drug-likeness (QED) is 0.888. The van der Waals surface area contributed by atoms with Crippen LogP contribution >= 0.6 is 0 Å². The van der Waals surface area contributed by atoms with Crippen LogP contribution in [-0.2, 0) is 13.0 Å². The minimum absolute atomic E-state index is 0.104. The molecular formula is C17H22N4O2. The summed E-state index contributed by atoms with van der Waals surface area (Å²) in [6.45, 7) is 6.71. The maximum absolute atomic E-state index is 11.9. The number of aryl methyl sites for hydroxylation is 3. The SMILES string of the molecule is CCc1cc(=O)n(CCNC(=O)Nc2ccc(C)c(C)c2)cn1. The topological polar surface area (TPSA) is 76.0 Å². The highest BCUT2D eigenvalue weighted by Gasteiger charge is 2.03. The molecule has 0 fully saturated rings. The number of nitrogens with one attached hydrogen (secondary N) is 2. The minimum Gasteiger partial charge on any atom is -0.336 e. The molecular weight excluding hydrogens is 292 g/mol. The van der Waals surface area contributed by atoms with Gasteiger partial charge in [-0.2, -0.15) is 0 Å². The van der Waals surface area contributed by atoms with Crippen molar-refractivity contribution in [2.45, 2.75) is 33.7 Å². The van der Waals surface area contributed by atoms with E-state index in [1.54, 1.807) is 0 Å². The highest BCUT2D eigenvalue weighted by atomic mass is 16.2. The Balaban J connectivity index is 1.85. The fraction of sp³-hybridized carbons (Fsp3) is 0.353. The molecule has 0 radical (unpaired) electrons. The first-order valence-electron chi connectivity index (χ1n) is 7.67. The summed E-state index contributed by atoms with van der Waals surface area (Å²) < 4.78 is 1.48. The maximum atomic E-state index is 11.9. The van der Waals surface area contributed by atoms with Crippen LogP contribution in [-0.4, -0.2) is 22.1 Å². The molecule has 0 spiro atoms. The number of carbonyl (C=O) groups is 1. The van der Waals surface area contributed by atoms with E-state index in [-0.39, 0.29) is 11.6 Å². The molecule has 1 heterocycles. The summed E-state index contributed by atoms with van der Waals surface area (Å²) in [5.74, 6) is 0.